The molecule has 1 saturated carbocycles. The molecule has 0 heterocycles. The summed E-state index contributed by atoms with van der Waals surface area (Å²) >= 11 is 0. The Morgan fingerprint density at radius 2 is 1.81 bits per heavy atom. The van der Waals surface area contributed by atoms with Gasteiger partial charge in [0.15, 0.2) is 0 Å². The van der Waals surface area contributed by atoms with Crippen LogP contribution in [0.3, 0.4) is 0 Å². The summed E-state index contributed by atoms with van der Waals surface area (Å²) in [5.74, 6) is -2.19. The van der Waals surface area contributed by atoms with E-state index in [2.05, 4.69) is 5.32 Å². The predicted octanol–water partition coefficient (Wildman–Crippen LogP) is 1.11. The van der Waals surface area contributed by atoms with Crippen molar-refractivity contribution in [3.8, 4) is 0 Å². The molecule has 2 N–H and O–H groups in total. The molecule has 0 aromatic carbocycles. The highest BCUT2D eigenvalue weighted by molar-refractivity contribution is 5.88. The van der Waals surface area contributed by atoms with E-state index in [1.165, 1.54) is 4.90 Å². The molecule has 0 bridgehead atoms. The molecule has 0 saturated heterocycles. The van der Waals surface area contributed by atoms with Crippen LogP contribution >= 0.6 is 0 Å². The molecule has 1 aliphatic rings. The van der Waals surface area contributed by atoms with Crippen molar-refractivity contribution in [2.24, 2.45) is 17.8 Å². The van der Waals surface area contributed by atoms with E-state index in [-0.39, 0.29) is 24.3 Å². The lowest BCUT2D eigenvalue weighted by Crippen LogP contribution is -2.42. The van der Waals surface area contributed by atoms with E-state index in [9.17, 15) is 19.5 Å². The summed E-state index contributed by atoms with van der Waals surface area (Å²) in [6.45, 7) is 4.53. The van der Waals surface area contributed by atoms with Crippen LogP contribution in [0.2, 0.25) is 0 Å². The SMILES string of the molecule is CCCNC(=O)CN(C)C(=O)C1CC(CC)CC1C(=O)O. The summed E-state index contributed by atoms with van der Waals surface area (Å²) in [6.07, 6.45) is 2.88. The van der Waals surface area contributed by atoms with E-state index >= 15 is 0 Å². The third-order valence-corrected chi connectivity index (χ3v) is 4.20. The third kappa shape index (κ3) is 4.72. The molecule has 2 amide bonds. The number of carbonyl (C=O) groups is 3. The average molecular weight is 298 g/mol. The first-order valence-electron chi connectivity index (χ1n) is 7.65. The lowest BCUT2D eigenvalue weighted by molar-refractivity contribution is -0.149. The number of carboxylic acids is 1. The Bertz CT molecular complexity index is 397. The van der Waals surface area contributed by atoms with Gasteiger partial charge in [0.1, 0.15) is 0 Å². The molecule has 0 radical (unpaired) electrons. The zero-order valence-corrected chi connectivity index (χ0v) is 13.1. The first kappa shape index (κ1) is 17.5. The van der Waals surface area contributed by atoms with Gasteiger partial charge in [-0.25, -0.2) is 0 Å². The number of nitrogens with zero attached hydrogens (tertiary/aromatic N) is 1. The number of hydrogen-bond donors (Lipinski definition) is 2. The topological polar surface area (TPSA) is 86.7 Å². The van der Waals surface area contributed by atoms with Gasteiger partial charge in [0, 0.05) is 13.6 Å². The van der Waals surface area contributed by atoms with Gasteiger partial charge in [0.05, 0.1) is 18.4 Å². The molecule has 6 heteroatoms. The molecule has 21 heavy (non-hydrogen) atoms. The Balaban J connectivity index is 2.63. The number of amides is 2. The normalized spacial score (nSPS) is 24.6. The fraction of sp³-hybridized carbons (Fsp3) is 0.800. The van der Waals surface area contributed by atoms with Crippen LogP contribution in [0.1, 0.15) is 39.5 Å². The molecule has 0 aromatic heterocycles. The minimum atomic E-state index is -0.909. The van der Waals surface area contributed by atoms with Gasteiger partial charge in [-0.15, -0.1) is 0 Å². The predicted molar refractivity (Wildman–Crippen MR) is 78.6 cm³/mol. The van der Waals surface area contributed by atoms with Crippen LogP contribution in [0.15, 0.2) is 0 Å². The molecule has 0 aromatic rings. The van der Waals surface area contributed by atoms with Crippen LogP contribution in [0.5, 0.6) is 0 Å². The molecule has 1 fully saturated rings. The standard InChI is InChI=1S/C15H26N2O4/c1-4-6-16-13(18)9-17(3)14(19)11-7-10(5-2)8-12(11)15(20)21/h10-12H,4-9H2,1-3H3,(H,16,18)(H,20,21). The zero-order valence-electron chi connectivity index (χ0n) is 13.1. The monoisotopic (exact) mass is 298 g/mol. The van der Waals surface area contributed by atoms with Gasteiger partial charge < -0.3 is 15.3 Å². The highest BCUT2D eigenvalue weighted by Crippen LogP contribution is 2.39. The average Bonchev–Trinajstić information content (AvgIpc) is 2.88. The molecule has 3 atom stereocenters. The van der Waals surface area contributed by atoms with Gasteiger partial charge in [-0.2, -0.15) is 0 Å². The zero-order chi connectivity index (χ0) is 16.0. The third-order valence-electron chi connectivity index (χ3n) is 4.20. The van der Waals surface area contributed by atoms with Crippen molar-refractivity contribution in [1.29, 1.82) is 0 Å². The molecule has 6 nitrogen and oxygen atoms in total. The number of rotatable bonds is 7. The maximum atomic E-state index is 12.4. The van der Waals surface area contributed by atoms with E-state index in [4.69, 9.17) is 0 Å². The molecule has 0 spiro atoms. The van der Waals surface area contributed by atoms with Crippen LogP contribution < -0.4 is 5.32 Å². The van der Waals surface area contributed by atoms with Crippen molar-refractivity contribution in [2.45, 2.75) is 39.5 Å². The largest absolute Gasteiger partial charge is 0.481 e. The second kappa shape index (κ2) is 8.00. The fourth-order valence-electron chi connectivity index (χ4n) is 2.92. The Morgan fingerprint density at radius 1 is 1.19 bits per heavy atom. The van der Waals surface area contributed by atoms with Crippen molar-refractivity contribution in [3.63, 3.8) is 0 Å². The van der Waals surface area contributed by atoms with Crippen molar-refractivity contribution >= 4 is 17.8 Å². The number of carboxylic acid groups (broad SMARTS) is 1. The van der Waals surface area contributed by atoms with Crippen molar-refractivity contribution in [1.82, 2.24) is 10.2 Å². The molecule has 0 aliphatic heterocycles. The van der Waals surface area contributed by atoms with E-state index in [0.29, 0.717) is 19.4 Å². The highest BCUT2D eigenvalue weighted by atomic mass is 16.4. The van der Waals surface area contributed by atoms with Gasteiger partial charge in [0.2, 0.25) is 11.8 Å². The highest BCUT2D eigenvalue weighted by Gasteiger charge is 2.43. The first-order chi connectivity index (χ1) is 9.90. The number of hydrogen-bond acceptors (Lipinski definition) is 3. The van der Waals surface area contributed by atoms with Crippen LogP contribution in [-0.4, -0.2) is 47.9 Å². The van der Waals surface area contributed by atoms with E-state index in [0.717, 1.165) is 12.8 Å². The molecule has 120 valence electrons. The van der Waals surface area contributed by atoms with E-state index in [1.54, 1.807) is 7.05 Å². The quantitative estimate of drug-likeness (QED) is 0.737. The smallest absolute Gasteiger partial charge is 0.307 e. The molecular formula is C15H26N2O4. The summed E-state index contributed by atoms with van der Waals surface area (Å²) in [7, 11) is 1.56. The second-order valence-corrected chi connectivity index (χ2v) is 5.84. The summed E-state index contributed by atoms with van der Waals surface area (Å²) in [5.41, 5.74) is 0. The van der Waals surface area contributed by atoms with Crippen LogP contribution in [0.4, 0.5) is 0 Å². The first-order valence-corrected chi connectivity index (χ1v) is 7.65. The lowest BCUT2D eigenvalue weighted by Gasteiger charge is -2.23. The fourth-order valence-corrected chi connectivity index (χ4v) is 2.92. The Kier molecular flexibility index (Phi) is 6.65. The van der Waals surface area contributed by atoms with Gasteiger partial charge in [-0.1, -0.05) is 20.3 Å². The Labute approximate surface area is 125 Å². The summed E-state index contributed by atoms with van der Waals surface area (Å²) < 4.78 is 0. The minimum absolute atomic E-state index is 0.0154. The summed E-state index contributed by atoms with van der Waals surface area (Å²) in [6, 6.07) is 0. The van der Waals surface area contributed by atoms with Gasteiger partial charge >= 0.3 is 5.97 Å². The maximum Gasteiger partial charge on any atom is 0.307 e. The number of aliphatic carboxylic acids is 1. The van der Waals surface area contributed by atoms with Gasteiger partial charge in [-0.3, -0.25) is 14.4 Å². The van der Waals surface area contributed by atoms with Crippen molar-refractivity contribution in [3.05, 3.63) is 0 Å². The molecule has 3 unspecified atom stereocenters. The second-order valence-electron chi connectivity index (χ2n) is 5.84. The Morgan fingerprint density at radius 3 is 2.33 bits per heavy atom. The van der Waals surface area contributed by atoms with E-state index < -0.39 is 17.8 Å². The van der Waals surface area contributed by atoms with Crippen molar-refractivity contribution in [2.75, 3.05) is 20.1 Å². The van der Waals surface area contributed by atoms with Crippen LogP contribution in [0, 0.1) is 17.8 Å². The maximum absolute atomic E-state index is 12.4. The lowest BCUT2D eigenvalue weighted by atomic mass is 9.95. The number of likely N-dealkylation sites (N-methyl/N-ethyl adjacent to an activating group) is 1. The van der Waals surface area contributed by atoms with E-state index in [1.807, 2.05) is 13.8 Å². The summed E-state index contributed by atoms with van der Waals surface area (Å²) in [5, 5.41) is 12.0. The number of nitrogens with one attached hydrogen (secondary N) is 1. The molecule has 1 aliphatic carbocycles. The van der Waals surface area contributed by atoms with Gasteiger partial charge in [-0.05, 0) is 25.2 Å². The minimum Gasteiger partial charge on any atom is -0.481 e. The number of carbonyl (C=O) groups excluding carboxylic acids is 2. The summed E-state index contributed by atoms with van der Waals surface area (Å²) in [4.78, 5) is 36.7. The van der Waals surface area contributed by atoms with Crippen molar-refractivity contribution < 1.29 is 19.5 Å². The Hall–Kier alpha value is -1.59. The van der Waals surface area contributed by atoms with Crippen LogP contribution in [-0.2, 0) is 14.4 Å². The molecule has 1 rings (SSSR count). The van der Waals surface area contributed by atoms with Crippen LogP contribution in [0.25, 0.3) is 0 Å². The van der Waals surface area contributed by atoms with Gasteiger partial charge in [0.25, 0.3) is 0 Å². The molecular weight excluding hydrogens is 272 g/mol.